The number of nitrogens with one attached hydrogen (secondary N) is 1. The molecule has 0 unspecified atom stereocenters. The first-order valence-corrected chi connectivity index (χ1v) is 6.30. The first-order valence-electron chi connectivity index (χ1n) is 6.30. The molecule has 0 atom stereocenters. The molecule has 3 heteroatoms. The predicted molar refractivity (Wildman–Crippen MR) is 74.9 cm³/mol. The fourth-order valence-corrected chi connectivity index (χ4v) is 2.29. The lowest BCUT2D eigenvalue weighted by Crippen LogP contribution is -2.15. The number of carbonyl (C=O) groups excluding carboxylic acids is 1. The Kier molecular flexibility index (Phi) is 3.82. The summed E-state index contributed by atoms with van der Waals surface area (Å²) in [5.74, 6) is 0.210. The van der Waals surface area contributed by atoms with Crippen LogP contribution in [0.4, 0.5) is 0 Å². The quantitative estimate of drug-likeness (QED) is 0.876. The van der Waals surface area contributed by atoms with Crippen molar-refractivity contribution in [2.75, 3.05) is 20.6 Å². The molecule has 18 heavy (non-hydrogen) atoms. The number of aromatic nitrogens is 1. The molecular weight excluding hydrogens is 224 g/mol. The number of aromatic amines is 1. The molecule has 0 radical (unpaired) electrons. The number of rotatable bonds is 5. The number of nitrogens with zero attached hydrogens (tertiary/aromatic N) is 1. The van der Waals surface area contributed by atoms with E-state index in [0.717, 1.165) is 24.0 Å². The van der Waals surface area contributed by atoms with Crippen molar-refractivity contribution in [1.29, 1.82) is 0 Å². The van der Waals surface area contributed by atoms with E-state index in [1.807, 2.05) is 6.07 Å². The average molecular weight is 244 g/mol. The lowest BCUT2D eigenvalue weighted by atomic mass is 10.0. The van der Waals surface area contributed by atoms with Crippen LogP contribution in [0.15, 0.2) is 24.4 Å². The van der Waals surface area contributed by atoms with E-state index < -0.39 is 0 Å². The summed E-state index contributed by atoms with van der Waals surface area (Å²) in [5.41, 5.74) is 3.56. The van der Waals surface area contributed by atoms with Crippen LogP contribution in [0.3, 0.4) is 0 Å². The highest BCUT2D eigenvalue weighted by Crippen LogP contribution is 2.23. The van der Waals surface area contributed by atoms with Crippen LogP contribution >= 0.6 is 0 Å². The van der Waals surface area contributed by atoms with Crippen LogP contribution in [-0.4, -0.2) is 36.3 Å². The zero-order chi connectivity index (χ0) is 13.1. The molecule has 3 nitrogen and oxygen atoms in total. The van der Waals surface area contributed by atoms with Gasteiger partial charge in [0.05, 0.1) is 0 Å². The zero-order valence-corrected chi connectivity index (χ0v) is 11.3. The Labute approximate surface area is 108 Å². The van der Waals surface area contributed by atoms with Crippen LogP contribution in [-0.2, 0) is 17.6 Å². The summed E-state index contributed by atoms with van der Waals surface area (Å²) in [6.07, 6.45) is 3.59. The molecule has 0 aliphatic rings. The molecule has 0 spiro atoms. The highest BCUT2D eigenvalue weighted by molar-refractivity contribution is 5.91. The van der Waals surface area contributed by atoms with Crippen LogP contribution in [0.5, 0.6) is 0 Å². The smallest absolute Gasteiger partial charge is 0.134 e. The zero-order valence-electron chi connectivity index (χ0n) is 11.3. The summed E-state index contributed by atoms with van der Waals surface area (Å²) >= 11 is 0. The number of fused-ring (bicyclic) bond motifs is 1. The Morgan fingerprint density at radius 2 is 2.06 bits per heavy atom. The fraction of sp³-hybridized carbons (Fsp3) is 0.400. The van der Waals surface area contributed by atoms with Gasteiger partial charge in [0.2, 0.25) is 0 Å². The number of carbonyl (C=O) groups is 1. The van der Waals surface area contributed by atoms with E-state index in [-0.39, 0.29) is 5.78 Å². The summed E-state index contributed by atoms with van der Waals surface area (Å²) in [6.45, 7) is 2.66. The predicted octanol–water partition coefficient (Wildman–Crippen LogP) is 2.40. The van der Waals surface area contributed by atoms with Crippen molar-refractivity contribution in [3.8, 4) is 0 Å². The van der Waals surface area contributed by atoms with Crippen LogP contribution in [0.25, 0.3) is 10.9 Å². The largest absolute Gasteiger partial charge is 0.361 e. The van der Waals surface area contributed by atoms with Crippen molar-refractivity contribution >= 4 is 16.7 Å². The molecule has 2 rings (SSSR count). The molecule has 0 aliphatic heterocycles. The van der Waals surface area contributed by atoms with Crippen molar-refractivity contribution in [1.82, 2.24) is 9.88 Å². The minimum Gasteiger partial charge on any atom is -0.361 e. The van der Waals surface area contributed by atoms with Crippen molar-refractivity contribution in [2.45, 2.75) is 19.8 Å². The molecule has 1 aromatic heterocycles. The number of hydrogen-bond acceptors (Lipinski definition) is 2. The van der Waals surface area contributed by atoms with Crippen molar-refractivity contribution in [3.63, 3.8) is 0 Å². The van der Waals surface area contributed by atoms with E-state index in [9.17, 15) is 4.79 Å². The molecule has 0 fully saturated rings. The maximum atomic E-state index is 11.3. The second kappa shape index (κ2) is 5.36. The van der Waals surface area contributed by atoms with Gasteiger partial charge >= 0.3 is 0 Å². The van der Waals surface area contributed by atoms with Crippen molar-refractivity contribution in [3.05, 3.63) is 35.5 Å². The Morgan fingerprint density at radius 3 is 2.72 bits per heavy atom. The second-order valence-electron chi connectivity index (χ2n) is 5.09. The van der Waals surface area contributed by atoms with E-state index >= 15 is 0 Å². The van der Waals surface area contributed by atoms with Gasteiger partial charge < -0.3 is 9.88 Å². The number of benzene rings is 1. The van der Waals surface area contributed by atoms with Gasteiger partial charge in [0, 0.05) is 30.1 Å². The molecule has 0 amide bonds. The van der Waals surface area contributed by atoms with Crippen LogP contribution in [0.2, 0.25) is 0 Å². The van der Waals surface area contributed by atoms with Gasteiger partial charge in [-0.15, -0.1) is 0 Å². The SMILES string of the molecule is CC(=O)Cc1cccc2[nH]cc(CCN(C)C)c12. The fourth-order valence-electron chi connectivity index (χ4n) is 2.29. The maximum Gasteiger partial charge on any atom is 0.134 e. The topological polar surface area (TPSA) is 36.1 Å². The Morgan fingerprint density at radius 1 is 1.28 bits per heavy atom. The molecule has 0 saturated heterocycles. The molecule has 1 N–H and O–H groups in total. The number of hydrogen-bond donors (Lipinski definition) is 1. The van der Waals surface area contributed by atoms with Gasteiger partial charge in [-0.1, -0.05) is 12.1 Å². The third kappa shape index (κ3) is 2.79. The van der Waals surface area contributed by atoms with Gasteiger partial charge in [-0.25, -0.2) is 0 Å². The Bertz CT molecular complexity index is 555. The Hall–Kier alpha value is -1.61. The van der Waals surface area contributed by atoms with E-state index in [4.69, 9.17) is 0 Å². The molecule has 96 valence electrons. The Balaban J connectivity index is 2.38. The molecule has 0 saturated carbocycles. The normalized spacial score (nSPS) is 11.3. The minimum absolute atomic E-state index is 0.210. The third-order valence-electron chi connectivity index (χ3n) is 3.14. The molecule has 0 aliphatic carbocycles. The van der Waals surface area contributed by atoms with Gasteiger partial charge in [0.15, 0.2) is 0 Å². The standard InChI is InChI=1S/C15H20N2O/c1-11(18)9-12-5-4-6-14-15(12)13(10-16-14)7-8-17(2)3/h4-6,10,16H,7-9H2,1-3H3. The monoisotopic (exact) mass is 244 g/mol. The minimum atomic E-state index is 0.210. The average Bonchev–Trinajstić information content (AvgIpc) is 2.70. The lowest BCUT2D eigenvalue weighted by Gasteiger charge is -2.09. The summed E-state index contributed by atoms with van der Waals surface area (Å²) in [6, 6.07) is 6.13. The van der Waals surface area contributed by atoms with Crippen molar-refractivity contribution in [2.24, 2.45) is 0 Å². The van der Waals surface area contributed by atoms with E-state index in [2.05, 4.69) is 42.3 Å². The maximum absolute atomic E-state index is 11.3. The van der Waals surface area contributed by atoms with E-state index in [1.165, 1.54) is 10.9 Å². The highest BCUT2D eigenvalue weighted by atomic mass is 16.1. The van der Waals surface area contributed by atoms with Gasteiger partial charge in [-0.3, -0.25) is 4.79 Å². The summed E-state index contributed by atoms with van der Waals surface area (Å²) in [7, 11) is 4.15. The second-order valence-corrected chi connectivity index (χ2v) is 5.09. The first kappa shape index (κ1) is 12.8. The van der Waals surface area contributed by atoms with Gasteiger partial charge in [0.1, 0.15) is 5.78 Å². The summed E-state index contributed by atoms with van der Waals surface area (Å²) in [5, 5.41) is 1.23. The van der Waals surface area contributed by atoms with E-state index in [1.54, 1.807) is 6.92 Å². The number of likely N-dealkylation sites (N-methyl/N-ethyl adjacent to an activating group) is 1. The molecule has 2 aromatic rings. The third-order valence-corrected chi connectivity index (χ3v) is 3.14. The number of H-pyrrole nitrogens is 1. The number of ketones is 1. The first-order chi connectivity index (χ1) is 8.58. The van der Waals surface area contributed by atoms with Crippen molar-refractivity contribution < 1.29 is 4.79 Å². The summed E-state index contributed by atoms with van der Waals surface area (Å²) in [4.78, 5) is 16.8. The lowest BCUT2D eigenvalue weighted by molar-refractivity contribution is -0.116. The van der Waals surface area contributed by atoms with Gasteiger partial charge in [0.25, 0.3) is 0 Å². The van der Waals surface area contributed by atoms with Crippen LogP contribution in [0.1, 0.15) is 18.1 Å². The summed E-state index contributed by atoms with van der Waals surface area (Å²) < 4.78 is 0. The van der Waals surface area contributed by atoms with E-state index in [0.29, 0.717) is 6.42 Å². The highest BCUT2D eigenvalue weighted by Gasteiger charge is 2.10. The van der Waals surface area contributed by atoms with Gasteiger partial charge in [-0.05, 0) is 44.6 Å². The van der Waals surface area contributed by atoms with Crippen LogP contribution < -0.4 is 0 Å². The molecule has 1 heterocycles. The van der Waals surface area contributed by atoms with Crippen LogP contribution in [0, 0.1) is 0 Å². The molecule has 1 aromatic carbocycles. The molecular formula is C15H20N2O. The number of Topliss-reactive ketones (excluding diaryl/α,β-unsaturated/α-hetero) is 1. The van der Waals surface area contributed by atoms with Gasteiger partial charge in [-0.2, -0.15) is 0 Å². The molecule has 0 bridgehead atoms.